The highest BCUT2D eigenvalue weighted by Gasteiger charge is 2.20. The van der Waals surface area contributed by atoms with Crippen LogP contribution in [-0.2, 0) is 0 Å². The standard InChI is InChI=1S/C15H23BrN2/c1-11(2)12-4-3-5-13(7-6-12)18-14-8-9-15(16)17-10-14/h8-13,18H,3-7H2,1-2H3. The van der Waals surface area contributed by atoms with Gasteiger partial charge < -0.3 is 5.32 Å². The second kappa shape index (κ2) is 6.55. The van der Waals surface area contributed by atoms with Gasteiger partial charge in [0.15, 0.2) is 0 Å². The van der Waals surface area contributed by atoms with Gasteiger partial charge in [-0.15, -0.1) is 0 Å². The maximum Gasteiger partial charge on any atom is 0.106 e. The number of pyridine rings is 1. The number of nitrogens with zero attached hydrogens (tertiary/aromatic N) is 1. The third-order valence-electron chi connectivity index (χ3n) is 4.05. The lowest BCUT2D eigenvalue weighted by molar-refractivity contribution is 0.341. The first-order valence-electron chi connectivity index (χ1n) is 7.03. The molecule has 0 radical (unpaired) electrons. The molecule has 0 aromatic carbocycles. The molecule has 1 aromatic rings. The van der Waals surface area contributed by atoms with Crippen molar-refractivity contribution in [3.63, 3.8) is 0 Å². The van der Waals surface area contributed by atoms with Gasteiger partial charge in [-0.1, -0.05) is 26.7 Å². The van der Waals surface area contributed by atoms with Crippen molar-refractivity contribution in [3.05, 3.63) is 22.9 Å². The van der Waals surface area contributed by atoms with Crippen molar-refractivity contribution in [2.75, 3.05) is 5.32 Å². The Bertz CT molecular complexity index is 361. The molecule has 2 nitrogen and oxygen atoms in total. The fraction of sp³-hybridized carbons (Fsp3) is 0.667. The van der Waals surface area contributed by atoms with Crippen LogP contribution in [0.15, 0.2) is 22.9 Å². The van der Waals surface area contributed by atoms with Crippen LogP contribution >= 0.6 is 15.9 Å². The van der Waals surface area contributed by atoms with Crippen molar-refractivity contribution < 1.29 is 0 Å². The zero-order valence-electron chi connectivity index (χ0n) is 11.3. The fourth-order valence-corrected chi connectivity index (χ4v) is 3.07. The second-order valence-corrected chi connectivity index (χ2v) is 6.54. The number of aromatic nitrogens is 1. The number of rotatable bonds is 3. The molecule has 1 aliphatic rings. The summed E-state index contributed by atoms with van der Waals surface area (Å²) in [6.45, 7) is 4.72. The van der Waals surface area contributed by atoms with Gasteiger partial charge in [0.25, 0.3) is 0 Å². The number of hydrogen-bond donors (Lipinski definition) is 1. The lowest BCUT2D eigenvalue weighted by Crippen LogP contribution is -2.18. The van der Waals surface area contributed by atoms with E-state index in [9.17, 15) is 0 Å². The van der Waals surface area contributed by atoms with Crippen LogP contribution in [0, 0.1) is 11.8 Å². The fourth-order valence-electron chi connectivity index (χ4n) is 2.84. The molecule has 1 aliphatic carbocycles. The monoisotopic (exact) mass is 310 g/mol. The molecule has 0 aliphatic heterocycles. The van der Waals surface area contributed by atoms with E-state index in [4.69, 9.17) is 0 Å². The minimum Gasteiger partial charge on any atom is -0.381 e. The van der Waals surface area contributed by atoms with Crippen LogP contribution in [0.25, 0.3) is 0 Å². The SMILES string of the molecule is CC(C)C1CCCC(Nc2ccc(Br)nc2)CC1. The highest BCUT2D eigenvalue weighted by atomic mass is 79.9. The molecular weight excluding hydrogens is 288 g/mol. The zero-order valence-corrected chi connectivity index (χ0v) is 12.9. The van der Waals surface area contributed by atoms with Crippen molar-refractivity contribution in [1.82, 2.24) is 4.98 Å². The summed E-state index contributed by atoms with van der Waals surface area (Å²) in [4.78, 5) is 4.27. The van der Waals surface area contributed by atoms with Gasteiger partial charge in [-0.2, -0.15) is 0 Å². The van der Waals surface area contributed by atoms with Crippen LogP contribution < -0.4 is 5.32 Å². The molecule has 0 bridgehead atoms. The Morgan fingerprint density at radius 1 is 1.22 bits per heavy atom. The first kappa shape index (κ1) is 13.9. The summed E-state index contributed by atoms with van der Waals surface area (Å²) in [5.74, 6) is 1.75. The third kappa shape index (κ3) is 3.98. The lowest BCUT2D eigenvalue weighted by Gasteiger charge is -2.19. The topological polar surface area (TPSA) is 24.9 Å². The van der Waals surface area contributed by atoms with Crippen LogP contribution in [0.2, 0.25) is 0 Å². The van der Waals surface area contributed by atoms with Crippen LogP contribution in [0.1, 0.15) is 46.0 Å². The molecule has 1 aromatic heterocycles. The van der Waals surface area contributed by atoms with Gasteiger partial charge in [0.1, 0.15) is 4.60 Å². The van der Waals surface area contributed by atoms with Crippen molar-refractivity contribution in [1.29, 1.82) is 0 Å². The van der Waals surface area contributed by atoms with Crippen molar-refractivity contribution in [3.8, 4) is 0 Å². The Balaban J connectivity index is 1.88. The van der Waals surface area contributed by atoms with Crippen molar-refractivity contribution in [2.24, 2.45) is 11.8 Å². The summed E-state index contributed by atoms with van der Waals surface area (Å²) < 4.78 is 0.897. The maximum atomic E-state index is 4.27. The van der Waals surface area contributed by atoms with Crippen LogP contribution in [0.4, 0.5) is 5.69 Å². The van der Waals surface area contributed by atoms with Gasteiger partial charge in [0, 0.05) is 6.04 Å². The normalized spacial score (nSPS) is 24.9. The molecule has 2 rings (SSSR count). The van der Waals surface area contributed by atoms with Gasteiger partial charge in [-0.25, -0.2) is 4.98 Å². The number of anilines is 1. The average Bonchev–Trinajstić information content (AvgIpc) is 2.58. The van der Waals surface area contributed by atoms with Crippen molar-refractivity contribution in [2.45, 2.75) is 52.0 Å². The summed E-state index contributed by atoms with van der Waals surface area (Å²) >= 11 is 3.37. The van der Waals surface area contributed by atoms with Gasteiger partial charge >= 0.3 is 0 Å². The van der Waals surface area contributed by atoms with Crippen molar-refractivity contribution >= 4 is 21.6 Å². The maximum absolute atomic E-state index is 4.27. The van der Waals surface area contributed by atoms with E-state index in [1.54, 1.807) is 0 Å². The molecule has 2 unspecified atom stereocenters. The average molecular weight is 311 g/mol. The number of hydrogen-bond acceptors (Lipinski definition) is 2. The number of halogens is 1. The Hall–Kier alpha value is -0.570. The summed E-state index contributed by atoms with van der Waals surface area (Å²) in [5, 5.41) is 3.62. The van der Waals surface area contributed by atoms with Gasteiger partial charge in [0.2, 0.25) is 0 Å². The van der Waals surface area contributed by atoms with Crippen LogP contribution in [0.5, 0.6) is 0 Å². The first-order valence-corrected chi connectivity index (χ1v) is 7.82. The molecule has 3 heteroatoms. The molecule has 1 saturated carbocycles. The highest BCUT2D eigenvalue weighted by Crippen LogP contribution is 2.30. The molecule has 0 saturated heterocycles. The molecule has 1 fully saturated rings. The Labute approximate surface area is 119 Å². The molecular formula is C15H23BrN2. The van der Waals surface area contributed by atoms with E-state index in [1.165, 1.54) is 32.1 Å². The molecule has 1 heterocycles. The Morgan fingerprint density at radius 2 is 2.06 bits per heavy atom. The summed E-state index contributed by atoms with van der Waals surface area (Å²) in [7, 11) is 0. The van der Waals surface area contributed by atoms with Crippen LogP contribution in [0.3, 0.4) is 0 Å². The molecule has 0 amide bonds. The van der Waals surface area contributed by atoms with E-state index in [-0.39, 0.29) is 0 Å². The Kier molecular flexibility index (Phi) is 5.04. The molecule has 2 atom stereocenters. The van der Waals surface area contributed by atoms with E-state index >= 15 is 0 Å². The smallest absolute Gasteiger partial charge is 0.106 e. The summed E-state index contributed by atoms with van der Waals surface area (Å²) in [5.41, 5.74) is 1.14. The minimum absolute atomic E-state index is 0.622. The quantitative estimate of drug-likeness (QED) is 0.637. The predicted molar refractivity (Wildman–Crippen MR) is 80.8 cm³/mol. The molecule has 100 valence electrons. The molecule has 18 heavy (non-hydrogen) atoms. The summed E-state index contributed by atoms with van der Waals surface area (Å²) in [6, 6.07) is 4.72. The minimum atomic E-state index is 0.622. The van der Waals surface area contributed by atoms with Gasteiger partial charge in [-0.3, -0.25) is 0 Å². The first-order chi connectivity index (χ1) is 8.65. The van der Waals surface area contributed by atoms with E-state index in [2.05, 4.69) is 46.1 Å². The summed E-state index contributed by atoms with van der Waals surface area (Å²) in [6.07, 6.45) is 8.60. The zero-order chi connectivity index (χ0) is 13.0. The Morgan fingerprint density at radius 3 is 2.72 bits per heavy atom. The number of nitrogens with one attached hydrogen (secondary N) is 1. The lowest BCUT2D eigenvalue weighted by atomic mass is 9.89. The van der Waals surface area contributed by atoms with E-state index in [0.717, 1.165) is 22.1 Å². The second-order valence-electron chi connectivity index (χ2n) is 5.72. The van der Waals surface area contributed by atoms with E-state index in [0.29, 0.717) is 6.04 Å². The van der Waals surface area contributed by atoms with Gasteiger partial charge in [-0.05, 0) is 59.2 Å². The third-order valence-corrected chi connectivity index (χ3v) is 4.52. The highest BCUT2D eigenvalue weighted by molar-refractivity contribution is 9.10. The molecule has 0 spiro atoms. The van der Waals surface area contributed by atoms with Crippen LogP contribution in [-0.4, -0.2) is 11.0 Å². The predicted octanol–water partition coefficient (Wildman–Crippen LogP) is 4.86. The van der Waals surface area contributed by atoms with E-state index < -0.39 is 0 Å². The molecule has 1 N–H and O–H groups in total. The van der Waals surface area contributed by atoms with Gasteiger partial charge in [0.05, 0.1) is 11.9 Å². The van der Waals surface area contributed by atoms with E-state index in [1.807, 2.05) is 12.3 Å². The largest absolute Gasteiger partial charge is 0.381 e.